The van der Waals surface area contributed by atoms with Crippen molar-refractivity contribution in [3.63, 3.8) is 0 Å². The van der Waals surface area contributed by atoms with E-state index in [1.807, 2.05) is 31.2 Å². The van der Waals surface area contributed by atoms with Crippen molar-refractivity contribution in [3.8, 4) is 5.75 Å². The number of amides is 1. The Bertz CT molecular complexity index is 442. The van der Waals surface area contributed by atoms with Gasteiger partial charge in [-0.05, 0) is 24.6 Å². The first kappa shape index (κ1) is 11.6. The van der Waals surface area contributed by atoms with Crippen LogP contribution in [-0.2, 0) is 9.59 Å². The van der Waals surface area contributed by atoms with Crippen LogP contribution in [0.3, 0.4) is 0 Å². The van der Waals surface area contributed by atoms with Crippen LogP contribution >= 0.6 is 0 Å². The van der Waals surface area contributed by atoms with E-state index < -0.39 is 0 Å². The van der Waals surface area contributed by atoms with Gasteiger partial charge in [0.1, 0.15) is 12.4 Å². The number of likely N-dealkylation sites (tertiary alicyclic amines) is 1. The second-order valence-electron chi connectivity index (χ2n) is 4.20. The van der Waals surface area contributed by atoms with Gasteiger partial charge in [0.05, 0.1) is 19.5 Å². The van der Waals surface area contributed by atoms with Gasteiger partial charge in [-0.1, -0.05) is 12.1 Å². The zero-order valence-corrected chi connectivity index (χ0v) is 9.81. The topological polar surface area (TPSA) is 46.6 Å². The van der Waals surface area contributed by atoms with E-state index in [9.17, 15) is 9.59 Å². The summed E-state index contributed by atoms with van der Waals surface area (Å²) < 4.78 is 5.53. The maximum absolute atomic E-state index is 11.3. The molecule has 17 heavy (non-hydrogen) atoms. The zero-order valence-electron chi connectivity index (χ0n) is 9.81. The number of hydrogen-bond donors (Lipinski definition) is 0. The molecule has 0 unspecified atom stereocenters. The van der Waals surface area contributed by atoms with E-state index >= 15 is 0 Å². The van der Waals surface area contributed by atoms with Crippen LogP contribution in [0, 0.1) is 6.92 Å². The fourth-order valence-corrected chi connectivity index (χ4v) is 1.82. The Morgan fingerprint density at radius 2 is 2.18 bits per heavy atom. The minimum atomic E-state index is -0.0946. The largest absolute Gasteiger partial charge is 0.492 e. The third kappa shape index (κ3) is 3.06. The van der Waals surface area contributed by atoms with Gasteiger partial charge in [-0.25, -0.2) is 0 Å². The SMILES string of the molecule is Cc1cccc(OCCN2CC(=O)CC2=O)c1. The average molecular weight is 233 g/mol. The molecule has 1 amide bonds. The number of carbonyl (C=O) groups is 2. The normalized spacial score (nSPS) is 15.5. The standard InChI is InChI=1S/C13H15NO3/c1-10-3-2-4-12(7-10)17-6-5-14-9-11(15)8-13(14)16/h2-4,7H,5-6,8-9H2,1H3. The predicted molar refractivity (Wildman–Crippen MR) is 62.9 cm³/mol. The van der Waals surface area contributed by atoms with Crippen molar-refractivity contribution in [2.24, 2.45) is 0 Å². The van der Waals surface area contributed by atoms with E-state index in [1.54, 1.807) is 0 Å². The molecule has 0 bridgehead atoms. The number of ether oxygens (including phenoxy) is 1. The third-order valence-electron chi connectivity index (χ3n) is 2.69. The number of carbonyl (C=O) groups excluding carboxylic acids is 2. The Labute approximate surface area is 100 Å². The Kier molecular flexibility index (Phi) is 3.42. The summed E-state index contributed by atoms with van der Waals surface area (Å²) in [6, 6.07) is 7.74. The van der Waals surface area contributed by atoms with Gasteiger partial charge in [0.15, 0.2) is 5.78 Å². The molecule has 1 aromatic carbocycles. The van der Waals surface area contributed by atoms with E-state index in [0.29, 0.717) is 13.2 Å². The molecule has 0 aliphatic carbocycles. The molecule has 4 nitrogen and oxygen atoms in total. The van der Waals surface area contributed by atoms with Crippen LogP contribution in [0.15, 0.2) is 24.3 Å². The van der Waals surface area contributed by atoms with Crippen molar-refractivity contribution >= 4 is 11.7 Å². The smallest absolute Gasteiger partial charge is 0.230 e. The van der Waals surface area contributed by atoms with E-state index in [-0.39, 0.29) is 24.7 Å². The highest BCUT2D eigenvalue weighted by Crippen LogP contribution is 2.12. The van der Waals surface area contributed by atoms with E-state index in [2.05, 4.69) is 0 Å². The lowest BCUT2D eigenvalue weighted by Crippen LogP contribution is -2.29. The molecule has 0 saturated carbocycles. The monoisotopic (exact) mass is 233 g/mol. The summed E-state index contributed by atoms with van der Waals surface area (Å²) in [4.78, 5) is 23.9. The number of rotatable bonds is 4. The van der Waals surface area contributed by atoms with Gasteiger partial charge < -0.3 is 9.64 Å². The lowest BCUT2D eigenvalue weighted by atomic mass is 10.2. The Hall–Kier alpha value is -1.84. The maximum Gasteiger partial charge on any atom is 0.230 e. The van der Waals surface area contributed by atoms with Gasteiger partial charge in [-0.2, -0.15) is 0 Å². The van der Waals surface area contributed by atoms with E-state index in [1.165, 1.54) is 4.90 Å². The fraction of sp³-hybridized carbons (Fsp3) is 0.385. The van der Waals surface area contributed by atoms with Crippen molar-refractivity contribution in [2.45, 2.75) is 13.3 Å². The molecule has 1 aliphatic rings. The third-order valence-corrected chi connectivity index (χ3v) is 2.69. The minimum absolute atomic E-state index is 0.00874. The summed E-state index contributed by atoms with van der Waals surface area (Å²) >= 11 is 0. The molecule has 1 fully saturated rings. The first-order valence-corrected chi connectivity index (χ1v) is 5.64. The molecule has 0 N–H and O–H groups in total. The van der Waals surface area contributed by atoms with Crippen LogP contribution in [0.5, 0.6) is 5.75 Å². The molecule has 1 heterocycles. The molecule has 4 heteroatoms. The lowest BCUT2D eigenvalue weighted by Gasteiger charge is -2.15. The first-order valence-electron chi connectivity index (χ1n) is 5.64. The summed E-state index contributed by atoms with van der Waals surface area (Å²) in [5, 5.41) is 0. The highest BCUT2D eigenvalue weighted by atomic mass is 16.5. The van der Waals surface area contributed by atoms with Crippen molar-refractivity contribution in [1.29, 1.82) is 0 Å². The number of hydrogen-bond acceptors (Lipinski definition) is 3. The van der Waals surface area contributed by atoms with Crippen LogP contribution in [0.2, 0.25) is 0 Å². The highest BCUT2D eigenvalue weighted by molar-refractivity contribution is 6.05. The molecule has 1 aliphatic heterocycles. The second-order valence-corrected chi connectivity index (χ2v) is 4.20. The summed E-state index contributed by atoms with van der Waals surface area (Å²) in [5.41, 5.74) is 1.13. The van der Waals surface area contributed by atoms with Crippen molar-refractivity contribution in [2.75, 3.05) is 19.7 Å². The molecule has 2 rings (SSSR count). The highest BCUT2D eigenvalue weighted by Gasteiger charge is 2.26. The summed E-state index contributed by atoms with van der Waals surface area (Å²) in [7, 11) is 0. The predicted octanol–water partition coefficient (Wildman–Crippen LogP) is 1.18. The van der Waals surface area contributed by atoms with Gasteiger partial charge in [0.25, 0.3) is 0 Å². The van der Waals surface area contributed by atoms with Crippen LogP contribution in [-0.4, -0.2) is 36.3 Å². The zero-order chi connectivity index (χ0) is 12.3. The second kappa shape index (κ2) is 4.99. The Morgan fingerprint density at radius 3 is 2.82 bits per heavy atom. The lowest BCUT2D eigenvalue weighted by molar-refractivity contribution is -0.128. The molecular formula is C13H15NO3. The molecule has 0 atom stereocenters. The quantitative estimate of drug-likeness (QED) is 0.733. The number of nitrogens with zero attached hydrogens (tertiary/aromatic N) is 1. The summed E-state index contributed by atoms with van der Waals surface area (Å²) in [6.07, 6.45) is 0.0461. The first-order chi connectivity index (χ1) is 8.15. The number of benzene rings is 1. The average Bonchev–Trinajstić information content (AvgIpc) is 2.58. The van der Waals surface area contributed by atoms with Gasteiger partial charge in [-0.15, -0.1) is 0 Å². The van der Waals surface area contributed by atoms with Gasteiger partial charge in [-0.3, -0.25) is 9.59 Å². The number of aryl methyl sites for hydroxylation is 1. The molecule has 1 saturated heterocycles. The Balaban J connectivity index is 1.80. The minimum Gasteiger partial charge on any atom is -0.492 e. The van der Waals surface area contributed by atoms with E-state index in [4.69, 9.17) is 4.74 Å². The van der Waals surface area contributed by atoms with Crippen LogP contribution < -0.4 is 4.74 Å². The molecule has 1 aromatic rings. The molecule has 0 radical (unpaired) electrons. The summed E-state index contributed by atoms with van der Waals surface area (Å²) in [5.74, 6) is 0.691. The van der Waals surface area contributed by atoms with Gasteiger partial charge >= 0.3 is 0 Å². The Morgan fingerprint density at radius 1 is 1.35 bits per heavy atom. The number of Topliss-reactive ketones (excluding diaryl/α,β-unsaturated/α-hetero) is 1. The van der Waals surface area contributed by atoms with Gasteiger partial charge in [0.2, 0.25) is 5.91 Å². The molecular weight excluding hydrogens is 218 g/mol. The summed E-state index contributed by atoms with van der Waals surface area (Å²) in [6.45, 7) is 3.12. The number of ketones is 1. The fourth-order valence-electron chi connectivity index (χ4n) is 1.82. The maximum atomic E-state index is 11.3. The van der Waals surface area contributed by atoms with Gasteiger partial charge in [0, 0.05) is 0 Å². The van der Waals surface area contributed by atoms with E-state index in [0.717, 1.165) is 11.3 Å². The van der Waals surface area contributed by atoms with Crippen LogP contribution in [0.4, 0.5) is 0 Å². The molecule has 0 aromatic heterocycles. The van der Waals surface area contributed by atoms with Crippen LogP contribution in [0.25, 0.3) is 0 Å². The molecule has 0 spiro atoms. The molecule has 90 valence electrons. The van der Waals surface area contributed by atoms with Crippen LogP contribution in [0.1, 0.15) is 12.0 Å². The van der Waals surface area contributed by atoms with Crippen molar-refractivity contribution < 1.29 is 14.3 Å². The van der Waals surface area contributed by atoms with Crippen molar-refractivity contribution in [1.82, 2.24) is 4.90 Å². The van der Waals surface area contributed by atoms with Crippen molar-refractivity contribution in [3.05, 3.63) is 29.8 Å².